The first-order valence-corrected chi connectivity index (χ1v) is 11.1. The lowest BCUT2D eigenvalue weighted by Gasteiger charge is -2.34. The Morgan fingerprint density at radius 2 is 1.52 bits per heavy atom. The van der Waals surface area contributed by atoms with Gasteiger partial charge in [0, 0.05) is 31.0 Å². The molecule has 2 amide bonds. The van der Waals surface area contributed by atoms with Crippen LogP contribution in [0.5, 0.6) is 0 Å². The van der Waals surface area contributed by atoms with Crippen molar-refractivity contribution in [3.8, 4) is 0 Å². The van der Waals surface area contributed by atoms with E-state index in [0.29, 0.717) is 42.7 Å². The molecule has 4 bridgehead atoms. The minimum atomic E-state index is 0.146. The zero-order valence-electron chi connectivity index (χ0n) is 16.8. The van der Waals surface area contributed by atoms with Crippen molar-refractivity contribution < 1.29 is 9.59 Å². The molecule has 0 unspecified atom stereocenters. The second-order valence-corrected chi connectivity index (χ2v) is 9.07. The number of nitrogens with zero attached hydrogens (tertiary/aromatic N) is 1. The van der Waals surface area contributed by atoms with Gasteiger partial charge in [0.25, 0.3) is 0 Å². The number of carbonyl (C=O) groups excluding carboxylic acids is 2. The average Bonchev–Trinajstić information content (AvgIpc) is 3.47. The van der Waals surface area contributed by atoms with E-state index in [2.05, 4.69) is 48.4 Å². The number of hydrogen-bond donors (Lipinski definition) is 1. The van der Waals surface area contributed by atoms with Crippen LogP contribution in [0.4, 0.5) is 0 Å². The normalized spacial score (nSPS) is 35.4. The van der Waals surface area contributed by atoms with E-state index in [9.17, 15) is 9.59 Å². The lowest BCUT2D eigenvalue weighted by Crippen LogP contribution is -2.48. The zero-order valence-corrected chi connectivity index (χ0v) is 16.8. The number of amides is 2. The summed E-state index contributed by atoms with van der Waals surface area (Å²) < 4.78 is 0. The molecule has 6 atom stereocenters. The van der Waals surface area contributed by atoms with E-state index in [0.717, 1.165) is 38.5 Å². The molecule has 4 aliphatic rings. The van der Waals surface area contributed by atoms with E-state index >= 15 is 0 Å². The summed E-state index contributed by atoms with van der Waals surface area (Å²) in [6.45, 7) is 5.55. The summed E-state index contributed by atoms with van der Waals surface area (Å²) in [5.41, 5.74) is 0. The van der Waals surface area contributed by atoms with Gasteiger partial charge < -0.3 is 10.2 Å². The third-order valence-corrected chi connectivity index (χ3v) is 7.53. The van der Waals surface area contributed by atoms with Gasteiger partial charge in [-0.3, -0.25) is 9.59 Å². The Balaban J connectivity index is 1.33. The van der Waals surface area contributed by atoms with E-state index < -0.39 is 0 Å². The summed E-state index contributed by atoms with van der Waals surface area (Å²) in [5.74, 6) is 2.91. The quantitative estimate of drug-likeness (QED) is 0.664. The van der Waals surface area contributed by atoms with Gasteiger partial charge in [-0.15, -0.1) is 0 Å². The lowest BCUT2D eigenvalue weighted by atomic mass is 9.91. The van der Waals surface area contributed by atoms with Crippen LogP contribution in [-0.2, 0) is 9.59 Å². The van der Waals surface area contributed by atoms with E-state index in [4.69, 9.17) is 0 Å². The van der Waals surface area contributed by atoms with Crippen LogP contribution in [0, 0.1) is 35.5 Å². The average molecular weight is 371 g/mol. The molecule has 27 heavy (non-hydrogen) atoms. The SMILES string of the molecule is CCC(CC)N(CCNC(=O)[C@@H]1C[C@H]2C=C[C@H]1C2)C(=O)[C@H]1C[C@H]2C=C[C@H]1C2. The first-order chi connectivity index (χ1) is 13.1. The predicted octanol–water partition coefficient (Wildman–Crippen LogP) is 3.54. The van der Waals surface area contributed by atoms with Crippen molar-refractivity contribution in [1.82, 2.24) is 10.2 Å². The van der Waals surface area contributed by atoms with Gasteiger partial charge in [0.2, 0.25) is 11.8 Å². The van der Waals surface area contributed by atoms with Crippen LogP contribution >= 0.6 is 0 Å². The molecule has 4 aliphatic carbocycles. The summed E-state index contributed by atoms with van der Waals surface area (Å²) >= 11 is 0. The summed E-state index contributed by atoms with van der Waals surface area (Å²) in [6.07, 6.45) is 15.3. The van der Waals surface area contributed by atoms with Crippen molar-refractivity contribution in [2.45, 2.75) is 58.4 Å². The van der Waals surface area contributed by atoms with Crippen LogP contribution in [0.2, 0.25) is 0 Å². The second kappa shape index (κ2) is 7.81. The molecule has 0 saturated heterocycles. The maximum absolute atomic E-state index is 13.3. The highest BCUT2D eigenvalue weighted by Crippen LogP contribution is 2.45. The molecule has 1 N–H and O–H groups in total. The molecule has 0 heterocycles. The monoisotopic (exact) mass is 370 g/mol. The molecule has 4 heteroatoms. The highest BCUT2D eigenvalue weighted by Gasteiger charge is 2.42. The standard InChI is InChI=1S/C23H34N2O2/c1-3-19(4-2)25(23(27)21-14-16-6-8-18(21)12-16)10-9-24-22(26)20-13-15-5-7-17(20)11-15/h5-8,15-21H,3-4,9-14H2,1-2H3,(H,24,26)/t15-,16-,17-,18-,20+,21-/m0/s1. The Morgan fingerprint density at radius 1 is 0.926 bits per heavy atom. The predicted molar refractivity (Wildman–Crippen MR) is 107 cm³/mol. The molecule has 4 rings (SSSR count). The Kier molecular flexibility index (Phi) is 5.43. The van der Waals surface area contributed by atoms with Gasteiger partial charge in [0.15, 0.2) is 0 Å². The summed E-state index contributed by atoms with van der Waals surface area (Å²) in [4.78, 5) is 28.0. The van der Waals surface area contributed by atoms with Gasteiger partial charge in [-0.05, 0) is 62.2 Å². The zero-order chi connectivity index (χ0) is 19.0. The smallest absolute Gasteiger partial charge is 0.226 e. The van der Waals surface area contributed by atoms with E-state index in [1.807, 2.05) is 0 Å². The van der Waals surface area contributed by atoms with Crippen molar-refractivity contribution in [1.29, 1.82) is 0 Å². The molecule has 0 spiro atoms. The third kappa shape index (κ3) is 3.60. The molecular weight excluding hydrogens is 336 g/mol. The van der Waals surface area contributed by atoms with Gasteiger partial charge in [-0.2, -0.15) is 0 Å². The number of allylic oxidation sites excluding steroid dienone is 4. The van der Waals surface area contributed by atoms with Crippen LogP contribution in [0.25, 0.3) is 0 Å². The van der Waals surface area contributed by atoms with Gasteiger partial charge in [-0.1, -0.05) is 38.2 Å². The highest BCUT2D eigenvalue weighted by atomic mass is 16.2. The maximum Gasteiger partial charge on any atom is 0.226 e. The van der Waals surface area contributed by atoms with Gasteiger partial charge in [0.1, 0.15) is 0 Å². The Hall–Kier alpha value is -1.58. The molecule has 4 nitrogen and oxygen atoms in total. The van der Waals surface area contributed by atoms with Crippen LogP contribution in [0.15, 0.2) is 24.3 Å². The molecule has 0 aromatic carbocycles. The molecular formula is C23H34N2O2. The topological polar surface area (TPSA) is 49.4 Å². The molecule has 2 saturated carbocycles. The summed E-state index contributed by atoms with van der Waals surface area (Å²) in [6, 6.07) is 0.280. The molecule has 0 aromatic rings. The number of rotatable bonds is 8. The van der Waals surface area contributed by atoms with Crippen molar-refractivity contribution >= 4 is 11.8 Å². The Bertz CT molecular complexity index is 636. The second-order valence-electron chi connectivity index (χ2n) is 9.07. The fourth-order valence-electron chi connectivity index (χ4n) is 5.99. The third-order valence-electron chi connectivity index (χ3n) is 7.53. The summed E-state index contributed by atoms with van der Waals surface area (Å²) in [5, 5.41) is 3.14. The molecule has 2 fully saturated rings. The van der Waals surface area contributed by atoms with Crippen LogP contribution < -0.4 is 5.32 Å². The van der Waals surface area contributed by atoms with Crippen LogP contribution in [0.1, 0.15) is 52.4 Å². The number of nitrogens with one attached hydrogen (secondary N) is 1. The summed E-state index contributed by atoms with van der Waals surface area (Å²) in [7, 11) is 0. The molecule has 0 aliphatic heterocycles. The lowest BCUT2D eigenvalue weighted by molar-refractivity contribution is -0.139. The molecule has 148 valence electrons. The van der Waals surface area contributed by atoms with E-state index in [1.165, 1.54) is 0 Å². The first-order valence-electron chi connectivity index (χ1n) is 11.1. The van der Waals surface area contributed by atoms with Gasteiger partial charge in [0.05, 0.1) is 0 Å². The minimum absolute atomic E-state index is 0.146. The molecule has 0 aromatic heterocycles. The van der Waals surface area contributed by atoms with Crippen LogP contribution in [-0.4, -0.2) is 35.8 Å². The largest absolute Gasteiger partial charge is 0.354 e. The first kappa shape index (κ1) is 18.8. The molecule has 0 radical (unpaired) electrons. The van der Waals surface area contributed by atoms with Crippen molar-refractivity contribution in [3.63, 3.8) is 0 Å². The minimum Gasteiger partial charge on any atom is -0.354 e. The number of carbonyl (C=O) groups is 2. The fourth-order valence-corrected chi connectivity index (χ4v) is 5.99. The fraction of sp³-hybridized carbons (Fsp3) is 0.739. The highest BCUT2D eigenvalue weighted by molar-refractivity contribution is 5.81. The van der Waals surface area contributed by atoms with Crippen molar-refractivity contribution in [2.75, 3.05) is 13.1 Å². The van der Waals surface area contributed by atoms with E-state index in [-0.39, 0.29) is 23.8 Å². The van der Waals surface area contributed by atoms with Gasteiger partial charge >= 0.3 is 0 Å². The Morgan fingerprint density at radius 3 is 2.00 bits per heavy atom. The van der Waals surface area contributed by atoms with Crippen molar-refractivity contribution in [3.05, 3.63) is 24.3 Å². The number of hydrogen-bond acceptors (Lipinski definition) is 2. The Labute approximate surface area is 163 Å². The van der Waals surface area contributed by atoms with E-state index in [1.54, 1.807) is 0 Å². The number of fused-ring (bicyclic) bond motifs is 4. The van der Waals surface area contributed by atoms with Crippen molar-refractivity contribution in [2.24, 2.45) is 35.5 Å². The maximum atomic E-state index is 13.3. The van der Waals surface area contributed by atoms with Crippen LogP contribution in [0.3, 0.4) is 0 Å². The van der Waals surface area contributed by atoms with Gasteiger partial charge in [-0.25, -0.2) is 0 Å².